The minimum Gasteiger partial charge on any atom is -0.344 e. The summed E-state index contributed by atoms with van der Waals surface area (Å²) in [7, 11) is 1.69. The predicted octanol–water partition coefficient (Wildman–Crippen LogP) is 4.92. The predicted molar refractivity (Wildman–Crippen MR) is 151 cm³/mol. The maximum Gasteiger partial charge on any atom is 0.270 e. The zero-order chi connectivity index (χ0) is 27.2. The summed E-state index contributed by atoms with van der Waals surface area (Å²) in [5.41, 5.74) is 5.36. The zero-order valence-electron chi connectivity index (χ0n) is 21.8. The first kappa shape index (κ1) is 25.4. The van der Waals surface area contributed by atoms with E-state index < -0.39 is 0 Å². The van der Waals surface area contributed by atoms with Crippen molar-refractivity contribution >= 4 is 23.8 Å². The van der Waals surface area contributed by atoms with Crippen LogP contribution in [0.1, 0.15) is 40.4 Å². The lowest BCUT2D eigenvalue weighted by Gasteiger charge is -2.14. The molecule has 0 aliphatic heterocycles. The number of anilines is 2. The van der Waals surface area contributed by atoms with Gasteiger partial charge in [-0.3, -0.25) is 24.9 Å². The number of benzene rings is 1. The van der Waals surface area contributed by atoms with E-state index in [1.54, 1.807) is 37.8 Å². The first-order chi connectivity index (χ1) is 19.0. The molecule has 39 heavy (non-hydrogen) atoms. The number of nitrogens with zero attached hydrogens (tertiary/aromatic N) is 6. The van der Waals surface area contributed by atoms with Crippen molar-refractivity contribution in [3.8, 4) is 22.6 Å². The molecule has 194 valence electrons. The molecule has 0 saturated carbocycles. The number of pyridine rings is 2. The van der Waals surface area contributed by atoms with E-state index >= 15 is 0 Å². The Hall–Kier alpha value is -5.25. The first-order valence-corrected chi connectivity index (χ1v) is 12.4. The molecule has 0 radical (unpaired) electrons. The van der Waals surface area contributed by atoms with Gasteiger partial charge in [-0.2, -0.15) is 5.10 Å². The van der Waals surface area contributed by atoms with Gasteiger partial charge in [0.05, 0.1) is 17.4 Å². The second-order valence-corrected chi connectivity index (χ2v) is 8.91. The second kappa shape index (κ2) is 11.4. The largest absolute Gasteiger partial charge is 0.344 e. The number of hydrogen-bond donors (Lipinski definition) is 3. The summed E-state index contributed by atoms with van der Waals surface area (Å²) in [6.45, 7) is 3.80. The van der Waals surface area contributed by atoms with E-state index in [1.165, 1.54) is 0 Å². The Kier molecular flexibility index (Phi) is 7.44. The molecule has 4 aromatic heterocycles. The smallest absolute Gasteiger partial charge is 0.270 e. The standard InChI is InChI=1S/C29H27N9O/c1-18-13-26(35-27-14-23(17-30-3)37-38-27)36-28(33-18)22-10-12-25(32-16-22)29(39)34-19(2)21-9-11-24(31-15-21)20-7-5-4-6-8-20/h4-17,19H,1-3H3,(H,34,39)(H2,33,35,36,37,38). The van der Waals surface area contributed by atoms with Gasteiger partial charge in [0.1, 0.15) is 11.5 Å². The topological polar surface area (TPSA) is 134 Å². The highest BCUT2D eigenvalue weighted by molar-refractivity contribution is 5.92. The van der Waals surface area contributed by atoms with Crippen molar-refractivity contribution in [2.75, 3.05) is 12.4 Å². The molecular formula is C29H27N9O. The monoisotopic (exact) mass is 517 g/mol. The zero-order valence-corrected chi connectivity index (χ0v) is 21.8. The molecule has 4 heterocycles. The molecule has 0 fully saturated rings. The fourth-order valence-corrected chi connectivity index (χ4v) is 3.95. The fraction of sp³-hybridized carbons (Fsp3) is 0.138. The van der Waals surface area contributed by atoms with Crippen LogP contribution in [0.3, 0.4) is 0 Å². The molecule has 10 nitrogen and oxygen atoms in total. The summed E-state index contributed by atoms with van der Waals surface area (Å²) < 4.78 is 0. The van der Waals surface area contributed by atoms with Crippen LogP contribution in [-0.4, -0.2) is 49.3 Å². The molecule has 0 saturated heterocycles. The van der Waals surface area contributed by atoms with Crippen LogP contribution in [0.15, 0.2) is 84.1 Å². The lowest BCUT2D eigenvalue weighted by Crippen LogP contribution is -2.27. The molecule has 3 N–H and O–H groups in total. The molecule has 5 aromatic rings. The number of aryl methyl sites for hydroxylation is 1. The number of hydrogen-bond acceptors (Lipinski definition) is 8. The Bertz CT molecular complexity index is 1590. The Labute approximate surface area is 225 Å². The van der Waals surface area contributed by atoms with Crippen LogP contribution in [0, 0.1) is 6.92 Å². The van der Waals surface area contributed by atoms with E-state index in [0.29, 0.717) is 28.7 Å². The second-order valence-electron chi connectivity index (χ2n) is 8.91. The fourth-order valence-electron chi connectivity index (χ4n) is 3.95. The van der Waals surface area contributed by atoms with Crippen LogP contribution < -0.4 is 10.6 Å². The van der Waals surface area contributed by atoms with Crippen LogP contribution >= 0.6 is 0 Å². The van der Waals surface area contributed by atoms with Gasteiger partial charge in [-0.15, -0.1) is 0 Å². The molecule has 1 atom stereocenters. The molecule has 1 amide bonds. The molecule has 5 rings (SSSR count). The summed E-state index contributed by atoms with van der Waals surface area (Å²) in [5, 5.41) is 13.2. The number of aliphatic imine (C=N–C) groups is 1. The summed E-state index contributed by atoms with van der Waals surface area (Å²) in [4.78, 5) is 34.9. The van der Waals surface area contributed by atoms with Gasteiger partial charge in [-0.25, -0.2) is 9.97 Å². The van der Waals surface area contributed by atoms with Crippen LogP contribution in [0.2, 0.25) is 0 Å². The van der Waals surface area contributed by atoms with Crippen LogP contribution in [0.5, 0.6) is 0 Å². The maximum atomic E-state index is 12.9. The lowest BCUT2D eigenvalue weighted by molar-refractivity contribution is 0.0935. The van der Waals surface area contributed by atoms with Crippen molar-refractivity contribution in [2.24, 2.45) is 4.99 Å². The van der Waals surface area contributed by atoms with E-state index in [4.69, 9.17) is 0 Å². The first-order valence-electron chi connectivity index (χ1n) is 12.4. The minimum absolute atomic E-state index is 0.240. The Morgan fingerprint density at radius 3 is 2.51 bits per heavy atom. The van der Waals surface area contributed by atoms with Crippen molar-refractivity contribution < 1.29 is 4.79 Å². The highest BCUT2D eigenvalue weighted by atomic mass is 16.1. The van der Waals surface area contributed by atoms with E-state index in [2.05, 4.69) is 45.8 Å². The molecule has 1 aromatic carbocycles. The Balaban J connectivity index is 1.25. The summed E-state index contributed by atoms with van der Waals surface area (Å²) in [6, 6.07) is 20.7. The summed E-state index contributed by atoms with van der Waals surface area (Å²) >= 11 is 0. The van der Waals surface area contributed by atoms with Gasteiger partial charge in [0.2, 0.25) is 0 Å². The van der Waals surface area contributed by atoms with Crippen LogP contribution in [-0.2, 0) is 0 Å². The number of rotatable bonds is 8. The quantitative estimate of drug-likeness (QED) is 0.249. The third-order valence-electron chi connectivity index (χ3n) is 5.93. The Morgan fingerprint density at radius 2 is 1.79 bits per heavy atom. The van der Waals surface area contributed by atoms with E-state index in [1.807, 2.05) is 68.4 Å². The third-order valence-corrected chi connectivity index (χ3v) is 5.93. The number of nitrogens with one attached hydrogen (secondary N) is 3. The van der Waals surface area contributed by atoms with E-state index in [9.17, 15) is 4.79 Å². The molecule has 0 aliphatic carbocycles. The van der Waals surface area contributed by atoms with E-state index in [-0.39, 0.29) is 11.9 Å². The molecule has 0 aliphatic rings. The summed E-state index contributed by atoms with van der Waals surface area (Å²) in [6.07, 6.45) is 5.06. The highest BCUT2D eigenvalue weighted by Crippen LogP contribution is 2.21. The van der Waals surface area contributed by atoms with E-state index in [0.717, 1.165) is 28.2 Å². The number of aromatic nitrogens is 6. The average Bonchev–Trinajstić information content (AvgIpc) is 3.40. The van der Waals surface area contributed by atoms with Crippen molar-refractivity contribution in [1.82, 2.24) is 35.5 Å². The number of aromatic amines is 1. The lowest BCUT2D eigenvalue weighted by atomic mass is 10.1. The average molecular weight is 518 g/mol. The summed E-state index contributed by atoms with van der Waals surface area (Å²) in [5.74, 6) is 1.41. The van der Waals surface area contributed by atoms with Crippen molar-refractivity contribution in [3.63, 3.8) is 0 Å². The van der Waals surface area contributed by atoms with Gasteiger partial charge < -0.3 is 10.6 Å². The molecule has 0 spiro atoms. The molecule has 1 unspecified atom stereocenters. The van der Waals surface area contributed by atoms with Crippen molar-refractivity contribution in [3.05, 3.63) is 102 Å². The van der Waals surface area contributed by atoms with Gasteiger partial charge in [-0.1, -0.05) is 36.4 Å². The van der Waals surface area contributed by atoms with Crippen molar-refractivity contribution in [1.29, 1.82) is 0 Å². The number of amides is 1. The Morgan fingerprint density at radius 1 is 0.949 bits per heavy atom. The third kappa shape index (κ3) is 6.19. The van der Waals surface area contributed by atoms with Gasteiger partial charge >= 0.3 is 0 Å². The molecule has 0 bridgehead atoms. The number of carbonyl (C=O) groups excluding carboxylic acids is 1. The molecule has 10 heteroatoms. The number of H-pyrrole nitrogens is 1. The van der Waals surface area contributed by atoms with Crippen LogP contribution in [0.25, 0.3) is 22.6 Å². The highest BCUT2D eigenvalue weighted by Gasteiger charge is 2.15. The van der Waals surface area contributed by atoms with Crippen LogP contribution in [0.4, 0.5) is 11.6 Å². The van der Waals surface area contributed by atoms with Gasteiger partial charge in [-0.05, 0) is 37.6 Å². The van der Waals surface area contributed by atoms with Crippen molar-refractivity contribution in [2.45, 2.75) is 19.9 Å². The van der Waals surface area contributed by atoms with Gasteiger partial charge in [0, 0.05) is 54.6 Å². The van der Waals surface area contributed by atoms with Gasteiger partial charge in [0.25, 0.3) is 5.91 Å². The maximum absolute atomic E-state index is 12.9. The SMILES string of the molecule is CN=Cc1cc(Nc2cc(C)nc(-c3ccc(C(=O)NC(C)c4ccc(-c5ccccc5)nc4)nc3)n2)n[nH]1. The van der Waals surface area contributed by atoms with Gasteiger partial charge in [0.15, 0.2) is 11.6 Å². The minimum atomic E-state index is -0.279. The number of carbonyl (C=O) groups is 1. The molecular weight excluding hydrogens is 490 g/mol. The normalized spacial score (nSPS) is 11.9.